The van der Waals surface area contributed by atoms with Gasteiger partial charge < -0.3 is 0 Å². The number of fused-ring (bicyclic) bond motifs is 2. The maximum absolute atomic E-state index is 4.93. The van der Waals surface area contributed by atoms with Crippen LogP contribution in [0.1, 0.15) is 50.7 Å². The molecule has 0 saturated heterocycles. The van der Waals surface area contributed by atoms with Crippen molar-refractivity contribution < 1.29 is 20.8 Å². The van der Waals surface area contributed by atoms with Gasteiger partial charge in [0.2, 0.25) is 0 Å². The number of rotatable bonds is 6. The molecule has 8 aromatic carbocycles. The molecule has 4 heteroatoms. The Morgan fingerprint density at radius 3 is 1.00 bits per heavy atom. The summed E-state index contributed by atoms with van der Waals surface area (Å²) in [4.78, 5) is 0. The Morgan fingerprint density at radius 1 is 0.444 bits per heavy atom. The van der Waals surface area contributed by atoms with Crippen molar-refractivity contribution in [2.45, 2.75) is 52.6 Å². The zero-order chi connectivity index (χ0) is 38.5. The molecule has 0 fully saturated rings. The molecule has 2 radical (unpaired) electrons. The first kappa shape index (κ1) is 41.4. The van der Waals surface area contributed by atoms with E-state index in [4.69, 9.17) is 17.0 Å². The van der Waals surface area contributed by atoms with Crippen LogP contribution in [0.5, 0.6) is 0 Å². The first-order chi connectivity index (χ1) is 26.3. The molecule has 0 heterocycles. The predicted molar refractivity (Wildman–Crippen MR) is 238 cm³/mol. The summed E-state index contributed by atoms with van der Waals surface area (Å²) in [6.45, 7) is 13.4. The fourth-order valence-corrected chi connectivity index (χ4v) is 7.01. The molecule has 0 saturated carbocycles. The van der Waals surface area contributed by atoms with E-state index in [2.05, 4.69) is 211 Å². The molecule has 0 bridgehead atoms. The first-order valence-electron chi connectivity index (χ1n) is 18.5. The van der Waals surface area contributed by atoms with Crippen LogP contribution >= 0.6 is 17.0 Å². The van der Waals surface area contributed by atoms with Crippen molar-refractivity contribution in [3.05, 3.63) is 181 Å². The van der Waals surface area contributed by atoms with Gasteiger partial charge in [-0.1, -0.05) is 197 Å². The molecule has 0 unspecified atom stereocenters. The number of hydrogen-bond acceptors (Lipinski definition) is 0. The fourth-order valence-electron chi connectivity index (χ4n) is 7.01. The maximum atomic E-state index is 4.93. The zero-order valence-corrected chi connectivity index (χ0v) is 37.0. The molecular weight excluding hydrogens is 791 g/mol. The Bertz CT molecular complexity index is 2140. The Hall–Kier alpha value is -3.78. The van der Waals surface area contributed by atoms with E-state index >= 15 is 0 Å². The molecule has 0 aromatic heterocycles. The van der Waals surface area contributed by atoms with Gasteiger partial charge in [-0.25, -0.2) is 0 Å². The summed E-state index contributed by atoms with van der Waals surface area (Å²) in [7, 11) is 11.0. The summed E-state index contributed by atoms with van der Waals surface area (Å²) in [5, 5.41) is 5.34. The van der Waals surface area contributed by atoms with Gasteiger partial charge in [0.05, 0.1) is 0 Å². The molecule has 0 spiro atoms. The molecular formula is C50H48Cl2SiZr. The van der Waals surface area contributed by atoms with Gasteiger partial charge in [-0.05, 0) is 34.1 Å². The Morgan fingerprint density at radius 2 is 0.722 bits per heavy atom. The average Bonchev–Trinajstić information content (AvgIpc) is 3.85. The average molecular weight is 839 g/mol. The second-order valence-electron chi connectivity index (χ2n) is 13.9. The summed E-state index contributed by atoms with van der Waals surface area (Å²) in [5.41, 5.74) is 13.3. The molecule has 270 valence electrons. The quantitative estimate of drug-likeness (QED) is 0.116. The van der Waals surface area contributed by atoms with E-state index in [0.717, 1.165) is 9.52 Å². The summed E-state index contributed by atoms with van der Waals surface area (Å²) in [5.74, 6) is 0.999. The topological polar surface area (TPSA) is 0 Å². The zero-order valence-electron chi connectivity index (χ0n) is 32.1. The van der Waals surface area contributed by atoms with Gasteiger partial charge in [0.15, 0.2) is 0 Å². The van der Waals surface area contributed by atoms with E-state index in [-0.39, 0.29) is 0 Å². The summed E-state index contributed by atoms with van der Waals surface area (Å²) >= 11 is -0.826. The van der Waals surface area contributed by atoms with Crippen LogP contribution in [-0.2, 0) is 20.8 Å². The van der Waals surface area contributed by atoms with Crippen molar-refractivity contribution in [3.8, 4) is 44.5 Å². The molecule has 0 aliphatic carbocycles. The molecule has 0 aliphatic heterocycles. The van der Waals surface area contributed by atoms with Crippen LogP contribution in [0.3, 0.4) is 0 Å². The third-order valence-corrected chi connectivity index (χ3v) is 9.43. The third-order valence-electron chi connectivity index (χ3n) is 9.43. The van der Waals surface area contributed by atoms with E-state index in [1.165, 1.54) is 77.2 Å². The van der Waals surface area contributed by atoms with Gasteiger partial charge in [0.25, 0.3) is 0 Å². The Balaban J connectivity index is 0.000000182. The number of halogens is 2. The van der Waals surface area contributed by atoms with Gasteiger partial charge in [-0.15, -0.1) is 69.1 Å². The number of benzene rings is 6. The monoisotopic (exact) mass is 836 g/mol. The van der Waals surface area contributed by atoms with E-state index in [0.29, 0.717) is 11.8 Å². The molecule has 0 atom stereocenters. The number of hydrogen-bond donors (Lipinski definition) is 0. The minimum atomic E-state index is -0.826. The third kappa shape index (κ3) is 10.3. The normalized spacial score (nSPS) is 10.6. The van der Waals surface area contributed by atoms with Crippen LogP contribution in [0.25, 0.3) is 66.1 Å². The molecule has 0 nitrogen and oxygen atoms in total. The van der Waals surface area contributed by atoms with Gasteiger partial charge in [-0.2, -0.15) is 0 Å². The van der Waals surface area contributed by atoms with Gasteiger partial charge in [0, 0.05) is 9.52 Å². The van der Waals surface area contributed by atoms with Gasteiger partial charge in [-0.3, -0.25) is 0 Å². The van der Waals surface area contributed by atoms with Crippen LogP contribution in [-0.4, -0.2) is 9.52 Å². The van der Waals surface area contributed by atoms with Crippen LogP contribution in [0.15, 0.2) is 170 Å². The van der Waals surface area contributed by atoms with Crippen molar-refractivity contribution in [1.82, 2.24) is 0 Å². The van der Waals surface area contributed by atoms with Crippen LogP contribution < -0.4 is 0 Å². The first-order valence-corrected chi connectivity index (χ1v) is 26.9. The van der Waals surface area contributed by atoms with Crippen LogP contribution in [0.4, 0.5) is 0 Å². The van der Waals surface area contributed by atoms with Crippen molar-refractivity contribution in [2.75, 3.05) is 0 Å². The standard InChI is InChI=1S/2C24H21.C2H6Si.2ClH.Zr/c2*1-17(2)22-14-13-20-15-21(18-9-5-3-6-10-18)16-23(20)24(22)19-11-7-4-8-12-19;1-3-2;;;/h2*3-17H,1-2H3;1-2H3;2*1H;/q2*-1;;;;+4/p-2. The van der Waals surface area contributed by atoms with Crippen LogP contribution in [0.2, 0.25) is 13.1 Å². The summed E-state index contributed by atoms with van der Waals surface area (Å²) in [6, 6.07) is 61.2. The summed E-state index contributed by atoms with van der Waals surface area (Å²) < 4.78 is 0. The molecule has 0 amide bonds. The van der Waals surface area contributed by atoms with E-state index in [1.54, 1.807) is 0 Å². The van der Waals surface area contributed by atoms with Crippen molar-refractivity contribution in [3.63, 3.8) is 0 Å². The SMILES string of the molecule is CC(C)c1ccc2[cH-]c(-c3ccccc3)cc2c1-c1ccccc1.CC(C)c1ccc2[cH-]c(-c3ccccc3)cc2c1-c1ccccc1.C[Si]C.[Cl][Zr+2][Cl]. The predicted octanol–water partition coefficient (Wildman–Crippen LogP) is 16.2. The Labute approximate surface area is 344 Å². The fraction of sp³-hybridized carbons (Fsp3) is 0.160. The van der Waals surface area contributed by atoms with Crippen molar-refractivity contribution >= 4 is 48.1 Å². The molecule has 8 aromatic rings. The van der Waals surface area contributed by atoms with Crippen LogP contribution in [0, 0.1) is 0 Å². The Kier molecular flexibility index (Phi) is 15.9. The van der Waals surface area contributed by atoms with E-state index in [1.807, 2.05) is 0 Å². The van der Waals surface area contributed by atoms with Gasteiger partial charge >= 0.3 is 37.9 Å². The minimum absolute atomic E-state index is 0.500. The van der Waals surface area contributed by atoms with Gasteiger partial charge in [0.1, 0.15) is 0 Å². The van der Waals surface area contributed by atoms with E-state index in [9.17, 15) is 0 Å². The van der Waals surface area contributed by atoms with E-state index < -0.39 is 20.8 Å². The second kappa shape index (κ2) is 20.8. The molecule has 8 rings (SSSR count). The van der Waals surface area contributed by atoms with Crippen molar-refractivity contribution in [2.24, 2.45) is 0 Å². The molecule has 54 heavy (non-hydrogen) atoms. The molecule has 0 N–H and O–H groups in total. The second-order valence-corrected chi connectivity index (χ2v) is 18.6. The molecule has 0 aliphatic rings. The summed E-state index contributed by atoms with van der Waals surface area (Å²) in [6.07, 6.45) is 0. The van der Waals surface area contributed by atoms with Crippen molar-refractivity contribution in [1.29, 1.82) is 0 Å².